The zero-order valence-electron chi connectivity index (χ0n) is 15.8. The maximum Gasteiger partial charge on any atom is 0.338 e. The molecule has 0 radical (unpaired) electrons. The summed E-state index contributed by atoms with van der Waals surface area (Å²) in [7, 11) is 0. The van der Waals surface area contributed by atoms with Crippen molar-refractivity contribution in [2.75, 3.05) is 17.2 Å². The number of hydrogen-bond donors (Lipinski definition) is 2. The van der Waals surface area contributed by atoms with Crippen molar-refractivity contribution in [3.63, 3.8) is 0 Å². The second-order valence-electron chi connectivity index (χ2n) is 6.15. The average Bonchev–Trinajstić information content (AvgIpc) is 3.04. The van der Waals surface area contributed by atoms with Crippen LogP contribution in [0.1, 0.15) is 22.8 Å². The molecule has 7 nitrogen and oxygen atoms in total. The van der Waals surface area contributed by atoms with Gasteiger partial charge in [-0.15, -0.1) is 0 Å². The van der Waals surface area contributed by atoms with Gasteiger partial charge in [0.1, 0.15) is 5.02 Å². The molecule has 0 saturated heterocycles. The molecule has 0 unspecified atom stereocenters. The highest BCUT2D eigenvalue weighted by atomic mass is 35.5. The second kappa shape index (κ2) is 9.84. The molecule has 156 valence electrons. The van der Waals surface area contributed by atoms with Gasteiger partial charge in [-0.1, -0.05) is 40.9 Å². The molecule has 3 rings (SSSR count). The number of benzene rings is 2. The number of carbonyl (C=O) groups excluding carboxylic acids is 2. The minimum absolute atomic E-state index is 0.206. The van der Waals surface area contributed by atoms with Gasteiger partial charge >= 0.3 is 12.0 Å². The number of urea groups is 1. The molecular weight excluding hydrogens is 451 g/mol. The van der Waals surface area contributed by atoms with Crippen LogP contribution in [0.25, 0.3) is 0 Å². The Kier molecular flexibility index (Phi) is 7.20. The Bertz CT molecular complexity index is 1070. The summed E-state index contributed by atoms with van der Waals surface area (Å²) >= 11 is 18.1. The maximum absolute atomic E-state index is 12.3. The van der Waals surface area contributed by atoms with Crippen LogP contribution in [0.2, 0.25) is 15.1 Å². The largest absolute Gasteiger partial charge is 0.462 e. The molecule has 0 atom stereocenters. The fourth-order valence-electron chi connectivity index (χ4n) is 2.56. The van der Waals surface area contributed by atoms with E-state index in [0.717, 1.165) is 5.56 Å². The minimum Gasteiger partial charge on any atom is -0.462 e. The number of hydrogen-bond acceptors (Lipinski definition) is 4. The van der Waals surface area contributed by atoms with Crippen LogP contribution < -0.4 is 10.6 Å². The van der Waals surface area contributed by atoms with Gasteiger partial charge in [0.15, 0.2) is 5.82 Å². The van der Waals surface area contributed by atoms with Gasteiger partial charge in [0, 0.05) is 11.9 Å². The summed E-state index contributed by atoms with van der Waals surface area (Å²) in [6.45, 7) is 2.42. The van der Waals surface area contributed by atoms with Crippen molar-refractivity contribution in [2.45, 2.75) is 13.5 Å². The Morgan fingerprint density at radius 2 is 1.73 bits per heavy atom. The molecule has 2 aromatic carbocycles. The fourth-order valence-corrected chi connectivity index (χ4v) is 3.08. The van der Waals surface area contributed by atoms with Crippen molar-refractivity contribution in [1.82, 2.24) is 9.78 Å². The van der Waals surface area contributed by atoms with Gasteiger partial charge in [-0.05, 0) is 48.9 Å². The van der Waals surface area contributed by atoms with E-state index in [4.69, 9.17) is 39.5 Å². The summed E-state index contributed by atoms with van der Waals surface area (Å²) < 4.78 is 6.50. The van der Waals surface area contributed by atoms with E-state index in [9.17, 15) is 9.59 Å². The van der Waals surface area contributed by atoms with Crippen molar-refractivity contribution in [2.24, 2.45) is 0 Å². The molecule has 1 aromatic heterocycles. The standard InChI is InChI=1S/C20H17Cl3N4O3/c1-2-30-19(28)13-4-6-14(7-5-13)24-20(29)25-18-17(23)11-27(26-18)10-12-3-8-15(21)16(22)9-12/h3-9,11H,2,10H2,1H3,(H2,24,25,26,29). The average molecular weight is 468 g/mol. The first kappa shape index (κ1) is 22.0. The Morgan fingerprint density at radius 1 is 1.00 bits per heavy atom. The third kappa shape index (κ3) is 5.66. The molecule has 0 aliphatic heterocycles. The molecule has 1 heterocycles. The van der Waals surface area contributed by atoms with Crippen LogP contribution in [0.5, 0.6) is 0 Å². The van der Waals surface area contributed by atoms with Crippen LogP contribution in [0.3, 0.4) is 0 Å². The monoisotopic (exact) mass is 466 g/mol. The van der Waals surface area contributed by atoms with E-state index >= 15 is 0 Å². The van der Waals surface area contributed by atoms with E-state index in [1.165, 1.54) is 0 Å². The summed E-state index contributed by atoms with van der Waals surface area (Å²) in [6, 6.07) is 11.0. The van der Waals surface area contributed by atoms with Crippen molar-refractivity contribution >= 4 is 58.3 Å². The van der Waals surface area contributed by atoms with Crippen LogP contribution in [-0.4, -0.2) is 28.4 Å². The zero-order valence-corrected chi connectivity index (χ0v) is 18.1. The third-order valence-electron chi connectivity index (χ3n) is 3.93. The van der Waals surface area contributed by atoms with E-state index < -0.39 is 12.0 Å². The van der Waals surface area contributed by atoms with E-state index in [0.29, 0.717) is 34.4 Å². The first-order valence-corrected chi connectivity index (χ1v) is 10.0. The van der Waals surface area contributed by atoms with Crippen molar-refractivity contribution < 1.29 is 14.3 Å². The van der Waals surface area contributed by atoms with Gasteiger partial charge in [0.2, 0.25) is 0 Å². The van der Waals surface area contributed by atoms with E-state index in [1.54, 1.807) is 54.2 Å². The van der Waals surface area contributed by atoms with Crippen molar-refractivity contribution in [3.8, 4) is 0 Å². The molecule has 0 fully saturated rings. The molecule has 2 N–H and O–H groups in total. The predicted octanol–water partition coefficient (Wildman–Crippen LogP) is 5.71. The van der Waals surface area contributed by atoms with Crippen molar-refractivity contribution in [3.05, 3.63) is 74.9 Å². The lowest BCUT2D eigenvalue weighted by Gasteiger charge is -2.07. The van der Waals surface area contributed by atoms with Crippen LogP contribution in [0.15, 0.2) is 48.7 Å². The molecule has 10 heteroatoms. The zero-order chi connectivity index (χ0) is 21.7. The predicted molar refractivity (Wildman–Crippen MR) is 118 cm³/mol. The normalized spacial score (nSPS) is 10.5. The fraction of sp³-hybridized carbons (Fsp3) is 0.150. The molecule has 2 amide bonds. The smallest absolute Gasteiger partial charge is 0.338 e. The molecule has 30 heavy (non-hydrogen) atoms. The number of halogens is 3. The number of nitrogens with zero attached hydrogens (tertiary/aromatic N) is 2. The third-order valence-corrected chi connectivity index (χ3v) is 4.95. The number of nitrogens with one attached hydrogen (secondary N) is 2. The lowest BCUT2D eigenvalue weighted by Crippen LogP contribution is -2.20. The molecule has 0 aliphatic carbocycles. The van der Waals surface area contributed by atoms with Crippen LogP contribution in [0.4, 0.5) is 16.3 Å². The number of carbonyl (C=O) groups is 2. The number of rotatable bonds is 6. The first-order valence-electron chi connectivity index (χ1n) is 8.87. The molecule has 3 aromatic rings. The van der Waals surface area contributed by atoms with E-state index in [1.807, 2.05) is 6.07 Å². The van der Waals surface area contributed by atoms with E-state index in [-0.39, 0.29) is 10.8 Å². The number of amides is 2. The topological polar surface area (TPSA) is 85.2 Å². The number of anilines is 2. The van der Waals surface area contributed by atoms with Gasteiger partial charge in [-0.3, -0.25) is 10.00 Å². The van der Waals surface area contributed by atoms with Gasteiger partial charge < -0.3 is 10.1 Å². The number of esters is 1. The molecular formula is C20H17Cl3N4O3. The highest BCUT2D eigenvalue weighted by Gasteiger charge is 2.12. The Labute approximate surface area is 187 Å². The summed E-state index contributed by atoms with van der Waals surface area (Å²) in [4.78, 5) is 23.9. The minimum atomic E-state index is -0.527. The van der Waals surface area contributed by atoms with E-state index in [2.05, 4.69) is 15.7 Å². The molecule has 0 spiro atoms. The Morgan fingerprint density at radius 3 is 2.40 bits per heavy atom. The lowest BCUT2D eigenvalue weighted by molar-refractivity contribution is 0.0526. The SMILES string of the molecule is CCOC(=O)c1ccc(NC(=O)Nc2nn(Cc3ccc(Cl)c(Cl)c3)cc2Cl)cc1. The van der Waals surface area contributed by atoms with Gasteiger partial charge in [-0.25, -0.2) is 9.59 Å². The van der Waals surface area contributed by atoms with Gasteiger partial charge in [0.05, 0.1) is 28.8 Å². The summed E-state index contributed by atoms with van der Waals surface area (Å²) in [6.07, 6.45) is 1.59. The van der Waals surface area contributed by atoms with Gasteiger partial charge in [-0.2, -0.15) is 5.10 Å². The quantitative estimate of drug-likeness (QED) is 0.455. The van der Waals surface area contributed by atoms with Crippen molar-refractivity contribution in [1.29, 1.82) is 0 Å². The molecule has 0 bridgehead atoms. The highest BCUT2D eigenvalue weighted by Crippen LogP contribution is 2.24. The Balaban J connectivity index is 1.61. The Hall–Kier alpha value is -2.74. The summed E-state index contributed by atoms with van der Waals surface area (Å²) in [5.74, 6) is -0.217. The lowest BCUT2D eigenvalue weighted by atomic mass is 10.2. The summed E-state index contributed by atoms with van der Waals surface area (Å²) in [5.41, 5.74) is 1.76. The van der Waals surface area contributed by atoms with Crippen LogP contribution >= 0.6 is 34.8 Å². The highest BCUT2D eigenvalue weighted by molar-refractivity contribution is 6.42. The maximum atomic E-state index is 12.3. The van der Waals surface area contributed by atoms with Crippen LogP contribution in [-0.2, 0) is 11.3 Å². The molecule has 0 saturated carbocycles. The number of aromatic nitrogens is 2. The molecule has 0 aliphatic rings. The number of ether oxygens (including phenoxy) is 1. The summed E-state index contributed by atoms with van der Waals surface area (Å²) in [5, 5.41) is 10.7. The first-order chi connectivity index (χ1) is 14.4. The second-order valence-corrected chi connectivity index (χ2v) is 7.37. The van der Waals surface area contributed by atoms with Crippen LogP contribution in [0, 0.1) is 0 Å². The van der Waals surface area contributed by atoms with Gasteiger partial charge in [0.25, 0.3) is 0 Å².